The maximum atomic E-state index is 5.46. The smallest absolute Gasteiger partial charge is 0.215 e. The van der Waals surface area contributed by atoms with Gasteiger partial charge in [0.2, 0.25) is 5.88 Å². The third-order valence-electron chi connectivity index (χ3n) is 2.05. The first kappa shape index (κ1) is 9.98. The molecule has 0 fully saturated rings. The second-order valence-electron chi connectivity index (χ2n) is 3.17. The molecule has 0 aliphatic carbocycles. The van der Waals surface area contributed by atoms with Crippen molar-refractivity contribution in [2.24, 2.45) is 0 Å². The van der Waals surface area contributed by atoms with E-state index in [1.54, 1.807) is 13.3 Å². The molecule has 2 rings (SSSR count). The van der Waals surface area contributed by atoms with Crippen LogP contribution in [0.1, 0.15) is 6.42 Å². The van der Waals surface area contributed by atoms with Crippen molar-refractivity contribution in [1.82, 2.24) is 9.97 Å². The zero-order valence-electron chi connectivity index (χ0n) is 8.62. The second kappa shape index (κ2) is 4.79. The molecule has 0 aromatic carbocycles. The molecule has 15 heavy (non-hydrogen) atoms. The largest absolute Gasteiger partial charge is 0.478 e. The first-order valence-corrected chi connectivity index (χ1v) is 4.87. The van der Waals surface area contributed by atoms with E-state index in [0.717, 1.165) is 17.5 Å². The van der Waals surface area contributed by atoms with Gasteiger partial charge < -0.3 is 14.5 Å². The quantitative estimate of drug-likeness (QED) is 0.757. The lowest BCUT2D eigenvalue weighted by molar-refractivity contribution is 0.170. The van der Waals surface area contributed by atoms with E-state index in [2.05, 4.69) is 16.0 Å². The number of rotatable bonds is 5. The molecule has 0 saturated heterocycles. The number of pyridine rings is 1. The van der Waals surface area contributed by atoms with Crippen LogP contribution in [0.3, 0.4) is 0 Å². The van der Waals surface area contributed by atoms with Gasteiger partial charge in [-0.3, -0.25) is 0 Å². The van der Waals surface area contributed by atoms with Crippen molar-refractivity contribution in [2.75, 3.05) is 20.3 Å². The topological polar surface area (TPSA) is 47.1 Å². The lowest BCUT2D eigenvalue weighted by Crippen LogP contribution is -2.02. The van der Waals surface area contributed by atoms with Crippen molar-refractivity contribution in [3.8, 4) is 5.88 Å². The van der Waals surface area contributed by atoms with Crippen molar-refractivity contribution in [2.45, 2.75) is 6.42 Å². The third-order valence-corrected chi connectivity index (χ3v) is 2.05. The summed E-state index contributed by atoms with van der Waals surface area (Å²) in [5, 5.41) is 0.972. The van der Waals surface area contributed by atoms with Gasteiger partial charge in [0.05, 0.1) is 6.61 Å². The van der Waals surface area contributed by atoms with Gasteiger partial charge in [-0.15, -0.1) is 0 Å². The normalized spacial score (nSPS) is 10.7. The van der Waals surface area contributed by atoms with Crippen LogP contribution in [0.4, 0.5) is 0 Å². The Labute approximate surface area is 88.2 Å². The summed E-state index contributed by atoms with van der Waals surface area (Å²) in [6, 6.07) is 6.81. The number of nitrogens with zero attached hydrogens (tertiary/aromatic N) is 1. The molecule has 2 heterocycles. The van der Waals surface area contributed by atoms with Gasteiger partial charge >= 0.3 is 0 Å². The molecule has 0 aliphatic heterocycles. The minimum Gasteiger partial charge on any atom is -0.478 e. The third kappa shape index (κ3) is 2.47. The Bertz CT molecular complexity index is 425. The van der Waals surface area contributed by atoms with Gasteiger partial charge in [-0.05, 0) is 6.07 Å². The zero-order chi connectivity index (χ0) is 10.5. The molecule has 2 aromatic rings. The van der Waals surface area contributed by atoms with Gasteiger partial charge in [0.15, 0.2) is 0 Å². The molecule has 1 radical (unpaired) electrons. The minimum atomic E-state index is 0.622. The van der Waals surface area contributed by atoms with Gasteiger partial charge in [-0.25, -0.2) is 0 Å². The Kier molecular flexibility index (Phi) is 3.19. The number of hydrogen-bond acceptors (Lipinski definition) is 3. The average Bonchev–Trinajstić information content (AvgIpc) is 2.71. The van der Waals surface area contributed by atoms with Crippen LogP contribution in [0.25, 0.3) is 11.0 Å². The van der Waals surface area contributed by atoms with Gasteiger partial charge in [-0.1, -0.05) is 0 Å². The Hall–Kier alpha value is -1.55. The summed E-state index contributed by atoms with van der Waals surface area (Å²) in [5.41, 5.74) is 0.805. The maximum absolute atomic E-state index is 5.46. The predicted molar refractivity (Wildman–Crippen MR) is 56.9 cm³/mol. The van der Waals surface area contributed by atoms with E-state index < -0.39 is 0 Å². The molecular weight excluding hydrogens is 192 g/mol. The van der Waals surface area contributed by atoms with Crippen molar-refractivity contribution >= 4 is 11.0 Å². The van der Waals surface area contributed by atoms with Gasteiger partial charge in [-0.2, -0.15) is 4.98 Å². The number of aromatic amines is 1. The highest BCUT2D eigenvalue weighted by atomic mass is 16.5. The fourth-order valence-electron chi connectivity index (χ4n) is 1.31. The van der Waals surface area contributed by atoms with E-state index in [9.17, 15) is 0 Å². The van der Waals surface area contributed by atoms with Crippen LogP contribution < -0.4 is 4.74 Å². The first-order valence-electron chi connectivity index (χ1n) is 4.87. The number of fused-ring (bicyclic) bond motifs is 1. The molecule has 2 aromatic heterocycles. The first-order chi connectivity index (χ1) is 7.40. The number of ether oxygens (including phenoxy) is 2. The summed E-state index contributed by atoms with van der Waals surface area (Å²) in [7, 11) is 1.68. The number of nitrogens with one attached hydrogen (secondary N) is 1. The molecule has 0 saturated carbocycles. The molecule has 4 heteroatoms. The van der Waals surface area contributed by atoms with Crippen molar-refractivity contribution in [3.05, 3.63) is 24.4 Å². The zero-order valence-corrected chi connectivity index (χ0v) is 8.62. The van der Waals surface area contributed by atoms with Crippen LogP contribution in [0.2, 0.25) is 0 Å². The van der Waals surface area contributed by atoms with Crippen LogP contribution in [0.5, 0.6) is 5.88 Å². The van der Waals surface area contributed by atoms with E-state index in [0.29, 0.717) is 19.1 Å². The van der Waals surface area contributed by atoms with Crippen LogP contribution in [-0.2, 0) is 4.74 Å². The summed E-state index contributed by atoms with van der Waals surface area (Å²) in [6.07, 6.45) is 2.61. The molecular formula is C11H13N2O2. The molecule has 0 bridgehead atoms. The van der Waals surface area contributed by atoms with E-state index in [-0.39, 0.29) is 0 Å². The summed E-state index contributed by atoms with van der Waals surface area (Å²) in [6.45, 7) is 1.33. The fraction of sp³-hybridized carbons (Fsp3) is 0.364. The van der Waals surface area contributed by atoms with Crippen LogP contribution in [0.15, 0.2) is 18.3 Å². The molecule has 0 unspecified atom stereocenters. The summed E-state index contributed by atoms with van der Waals surface area (Å²) < 4.78 is 10.4. The summed E-state index contributed by atoms with van der Waals surface area (Å²) in [5.74, 6) is 0.634. The van der Waals surface area contributed by atoms with E-state index >= 15 is 0 Å². The van der Waals surface area contributed by atoms with Gasteiger partial charge in [0.25, 0.3) is 0 Å². The molecule has 0 spiro atoms. The fourth-order valence-corrected chi connectivity index (χ4v) is 1.31. The van der Waals surface area contributed by atoms with Crippen LogP contribution in [0, 0.1) is 6.07 Å². The molecule has 0 aliphatic rings. The van der Waals surface area contributed by atoms with E-state index in [1.165, 1.54) is 0 Å². The predicted octanol–water partition coefficient (Wildman–Crippen LogP) is 1.78. The Morgan fingerprint density at radius 3 is 3.20 bits per heavy atom. The summed E-state index contributed by atoms with van der Waals surface area (Å²) >= 11 is 0. The highest BCUT2D eigenvalue weighted by molar-refractivity contribution is 5.74. The van der Waals surface area contributed by atoms with E-state index in [4.69, 9.17) is 9.47 Å². The number of aromatic nitrogens is 2. The van der Waals surface area contributed by atoms with Crippen molar-refractivity contribution in [1.29, 1.82) is 0 Å². The number of methoxy groups -OCH3 is 1. The Balaban J connectivity index is 1.96. The average molecular weight is 205 g/mol. The second-order valence-corrected chi connectivity index (χ2v) is 3.17. The van der Waals surface area contributed by atoms with Crippen LogP contribution >= 0.6 is 0 Å². The van der Waals surface area contributed by atoms with Crippen molar-refractivity contribution in [3.63, 3.8) is 0 Å². The monoisotopic (exact) mass is 205 g/mol. The molecule has 0 atom stereocenters. The lowest BCUT2D eigenvalue weighted by Gasteiger charge is -2.04. The Morgan fingerprint density at radius 2 is 2.33 bits per heavy atom. The highest BCUT2D eigenvalue weighted by Gasteiger charge is 1.99. The number of H-pyrrole nitrogens is 1. The minimum absolute atomic E-state index is 0.622. The van der Waals surface area contributed by atoms with Crippen LogP contribution in [-0.4, -0.2) is 30.3 Å². The molecule has 4 nitrogen and oxygen atoms in total. The van der Waals surface area contributed by atoms with E-state index in [1.807, 2.05) is 12.1 Å². The molecule has 1 N–H and O–H groups in total. The maximum Gasteiger partial charge on any atom is 0.215 e. The molecule has 79 valence electrons. The standard InChI is InChI=1S/C11H13N2O2/c1-14-7-2-8-15-10-4-3-9-5-6-12-11(9)13-10/h3-4,6H,2,7-8H2,1H3,(H,12,13). The lowest BCUT2D eigenvalue weighted by atomic mass is 10.3. The molecule has 0 amide bonds. The SMILES string of the molecule is COCCCOc1ccc2[c]c[nH]c2n1. The summed E-state index contributed by atoms with van der Waals surface area (Å²) in [4.78, 5) is 7.27. The number of hydrogen-bond donors (Lipinski definition) is 1. The van der Waals surface area contributed by atoms with Gasteiger partial charge in [0, 0.05) is 43.9 Å². The Morgan fingerprint density at radius 1 is 1.40 bits per heavy atom. The highest BCUT2D eigenvalue weighted by Crippen LogP contribution is 2.14. The van der Waals surface area contributed by atoms with Crippen molar-refractivity contribution < 1.29 is 9.47 Å². The van der Waals surface area contributed by atoms with Gasteiger partial charge in [0.1, 0.15) is 5.65 Å².